The van der Waals surface area contributed by atoms with Gasteiger partial charge >= 0.3 is 0 Å². The second kappa shape index (κ2) is 13.9. The molecule has 0 radical (unpaired) electrons. The molecule has 3 aromatic carbocycles. The van der Waals surface area contributed by atoms with Crippen molar-refractivity contribution >= 4 is 15.7 Å². The molecule has 0 N–H and O–H groups in total. The molecular weight excluding hydrogens is 650 g/mol. The summed E-state index contributed by atoms with van der Waals surface area (Å²) in [7, 11) is -3.96. The second-order valence-electron chi connectivity index (χ2n) is 10.0. The van der Waals surface area contributed by atoms with E-state index in [-0.39, 0.29) is 23.2 Å². The largest absolute Gasteiger partial charge is 0.382 e. The highest BCUT2D eigenvalue weighted by Gasteiger charge is 2.35. The summed E-state index contributed by atoms with van der Waals surface area (Å²) in [4.78, 5) is 2.61. The smallest absolute Gasteiger partial charge is 0.269 e. The van der Waals surface area contributed by atoms with E-state index < -0.39 is 78.9 Å². The van der Waals surface area contributed by atoms with Crippen LogP contribution in [0.2, 0.25) is 0 Å². The van der Waals surface area contributed by atoms with Crippen molar-refractivity contribution in [2.75, 3.05) is 31.4 Å². The number of hydrogen-bond donors (Lipinski definition) is 0. The van der Waals surface area contributed by atoms with Gasteiger partial charge in [-0.25, -0.2) is 39.1 Å². The molecule has 0 spiro atoms. The van der Waals surface area contributed by atoms with Crippen LogP contribution in [-0.4, -0.2) is 50.2 Å². The average molecular weight is 677 g/mol. The Balaban J connectivity index is 1.71. The van der Waals surface area contributed by atoms with E-state index in [1.54, 1.807) is 25.3 Å². The minimum atomic E-state index is -5.30. The molecule has 0 aliphatic rings. The molecule has 2 heterocycles. The number of halogens is 6. The second-order valence-corrected chi connectivity index (χ2v) is 11.8. The molecular formula is C32H26F6N4O4S. The molecule has 0 amide bonds. The number of methoxy groups -OCH3 is 1. The molecule has 246 valence electrons. The highest BCUT2D eigenvalue weighted by atomic mass is 32.2. The van der Waals surface area contributed by atoms with Gasteiger partial charge in [0.25, 0.3) is 10.0 Å². The molecule has 8 nitrogen and oxygen atoms in total. The van der Waals surface area contributed by atoms with Crippen LogP contribution in [0.3, 0.4) is 0 Å². The molecule has 0 saturated heterocycles. The SMILES string of the molecule is CCn1cc(-c2ccncc2)c(-c2c(F)ccc(N(COCCOC)S(=O)(=O)c3cc(F)cc(-c4cc(F)ccc4F)c3F)c2F)n1. The number of aromatic nitrogens is 3. The first-order valence-corrected chi connectivity index (χ1v) is 15.4. The van der Waals surface area contributed by atoms with Gasteiger partial charge in [-0.1, -0.05) is 0 Å². The molecule has 0 bridgehead atoms. The molecule has 47 heavy (non-hydrogen) atoms. The Hall–Kier alpha value is -4.73. The summed E-state index contributed by atoms with van der Waals surface area (Å²) >= 11 is 0. The fourth-order valence-corrected chi connectivity index (χ4v) is 6.24. The average Bonchev–Trinajstić information content (AvgIpc) is 3.48. The fourth-order valence-electron chi connectivity index (χ4n) is 4.79. The summed E-state index contributed by atoms with van der Waals surface area (Å²) < 4.78 is 132. The van der Waals surface area contributed by atoms with Gasteiger partial charge in [-0.15, -0.1) is 0 Å². The normalized spacial score (nSPS) is 11.7. The standard InChI is InChI=1S/C32H26F6N4O4S/c1-3-41-17-24(19-8-10-39-11-9-19)32(40-41)29-26(36)6-7-27(31(29)38)42(18-46-13-12-45-2)47(43,44)28-16-21(34)15-23(30(28)37)22-14-20(33)4-5-25(22)35/h4-11,14-17H,3,12-13,18H2,1-2H3. The molecule has 0 fully saturated rings. The number of nitrogens with zero attached hydrogens (tertiary/aromatic N) is 4. The summed E-state index contributed by atoms with van der Waals surface area (Å²) in [5.41, 5.74) is -2.54. The Morgan fingerprint density at radius 2 is 1.51 bits per heavy atom. The Morgan fingerprint density at radius 1 is 0.809 bits per heavy atom. The molecule has 0 atom stereocenters. The van der Waals surface area contributed by atoms with E-state index in [1.807, 2.05) is 0 Å². The third-order valence-corrected chi connectivity index (χ3v) is 8.82. The lowest BCUT2D eigenvalue weighted by molar-refractivity contribution is 0.0754. The lowest BCUT2D eigenvalue weighted by Gasteiger charge is -2.26. The van der Waals surface area contributed by atoms with Crippen LogP contribution in [-0.2, 0) is 26.0 Å². The fraction of sp³-hybridized carbons (Fsp3) is 0.188. The van der Waals surface area contributed by atoms with Gasteiger partial charge in [0.05, 0.1) is 24.5 Å². The maximum absolute atomic E-state index is 16.6. The van der Waals surface area contributed by atoms with Crippen molar-refractivity contribution in [3.8, 4) is 33.5 Å². The van der Waals surface area contributed by atoms with Crippen molar-refractivity contribution in [2.24, 2.45) is 0 Å². The Bertz CT molecular complexity index is 2030. The van der Waals surface area contributed by atoms with Crippen LogP contribution in [0.25, 0.3) is 33.5 Å². The van der Waals surface area contributed by atoms with Crippen LogP contribution < -0.4 is 4.31 Å². The van der Waals surface area contributed by atoms with Gasteiger partial charge in [0, 0.05) is 48.9 Å². The van der Waals surface area contributed by atoms with Gasteiger partial charge < -0.3 is 9.47 Å². The van der Waals surface area contributed by atoms with E-state index in [0.717, 1.165) is 18.2 Å². The molecule has 0 aliphatic carbocycles. The van der Waals surface area contributed by atoms with Crippen molar-refractivity contribution in [3.63, 3.8) is 0 Å². The van der Waals surface area contributed by atoms with Crippen LogP contribution in [0.5, 0.6) is 0 Å². The summed E-state index contributed by atoms with van der Waals surface area (Å²) in [5.74, 6) is -7.64. The molecule has 2 aromatic heterocycles. The van der Waals surface area contributed by atoms with E-state index >= 15 is 13.2 Å². The maximum atomic E-state index is 16.6. The predicted molar refractivity (Wildman–Crippen MR) is 161 cm³/mol. The first-order chi connectivity index (χ1) is 22.5. The van der Waals surface area contributed by atoms with Crippen molar-refractivity contribution in [1.29, 1.82) is 0 Å². The minimum Gasteiger partial charge on any atom is -0.382 e. The van der Waals surface area contributed by atoms with Gasteiger partial charge in [0.2, 0.25) is 0 Å². The maximum Gasteiger partial charge on any atom is 0.269 e. The Morgan fingerprint density at radius 3 is 2.21 bits per heavy atom. The minimum absolute atomic E-state index is 0.0217. The lowest BCUT2D eigenvalue weighted by Crippen LogP contribution is -2.35. The van der Waals surface area contributed by atoms with Gasteiger partial charge in [-0.05, 0) is 67.1 Å². The van der Waals surface area contributed by atoms with E-state index in [0.29, 0.717) is 41.9 Å². The summed E-state index contributed by atoms with van der Waals surface area (Å²) in [6.45, 7) is 0.873. The lowest BCUT2D eigenvalue weighted by atomic mass is 10.0. The highest BCUT2D eigenvalue weighted by molar-refractivity contribution is 7.92. The third kappa shape index (κ3) is 6.73. The molecule has 15 heteroatoms. The van der Waals surface area contributed by atoms with Gasteiger partial charge in [-0.2, -0.15) is 5.10 Å². The number of ether oxygens (including phenoxy) is 2. The van der Waals surface area contributed by atoms with Crippen LogP contribution in [0, 0.1) is 34.9 Å². The zero-order chi connectivity index (χ0) is 33.9. The molecule has 5 aromatic rings. The zero-order valence-electron chi connectivity index (χ0n) is 24.9. The van der Waals surface area contributed by atoms with Gasteiger partial charge in [-0.3, -0.25) is 9.67 Å². The Kier molecular flexibility index (Phi) is 9.98. The van der Waals surface area contributed by atoms with Crippen molar-refractivity contribution in [2.45, 2.75) is 18.4 Å². The number of anilines is 1. The topological polar surface area (TPSA) is 86.5 Å². The summed E-state index contributed by atoms with van der Waals surface area (Å²) in [5, 5.41) is 4.32. The van der Waals surface area contributed by atoms with Crippen LogP contribution >= 0.6 is 0 Å². The van der Waals surface area contributed by atoms with E-state index in [1.165, 1.54) is 24.2 Å². The third-order valence-electron chi connectivity index (χ3n) is 7.08. The predicted octanol–water partition coefficient (Wildman–Crippen LogP) is 6.95. The molecule has 5 rings (SSSR count). The number of rotatable bonds is 12. The van der Waals surface area contributed by atoms with Crippen molar-refractivity contribution in [1.82, 2.24) is 14.8 Å². The molecule has 0 unspecified atom stereocenters. The molecule has 0 saturated carbocycles. The van der Waals surface area contributed by atoms with Gasteiger partial charge in [0.15, 0.2) is 11.6 Å². The number of pyridine rings is 1. The monoisotopic (exact) mass is 676 g/mol. The zero-order valence-corrected chi connectivity index (χ0v) is 25.7. The van der Waals surface area contributed by atoms with Crippen molar-refractivity contribution < 1.29 is 44.2 Å². The summed E-state index contributed by atoms with van der Waals surface area (Å²) in [6, 6.07) is 7.53. The molecule has 0 aliphatic heterocycles. The summed E-state index contributed by atoms with van der Waals surface area (Å²) in [6.07, 6.45) is 4.48. The van der Waals surface area contributed by atoms with Crippen LogP contribution in [0.1, 0.15) is 6.92 Å². The van der Waals surface area contributed by atoms with Crippen LogP contribution in [0.4, 0.5) is 32.0 Å². The number of hydrogen-bond acceptors (Lipinski definition) is 6. The van der Waals surface area contributed by atoms with E-state index in [9.17, 15) is 21.6 Å². The first-order valence-electron chi connectivity index (χ1n) is 14.0. The Labute approximate surface area is 265 Å². The van der Waals surface area contributed by atoms with Gasteiger partial charge in [0.1, 0.15) is 40.6 Å². The number of sulfonamides is 1. The van der Waals surface area contributed by atoms with Crippen LogP contribution in [0.15, 0.2) is 78.1 Å². The highest BCUT2D eigenvalue weighted by Crippen LogP contribution is 2.40. The number of aryl methyl sites for hydroxylation is 1. The van der Waals surface area contributed by atoms with E-state index in [4.69, 9.17) is 9.47 Å². The quantitative estimate of drug-likeness (QED) is 0.0808. The van der Waals surface area contributed by atoms with E-state index in [2.05, 4.69) is 10.1 Å². The first kappa shape index (κ1) is 33.6. The number of benzene rings is 3. The van der Waals surface area contributed by atoms with Crippen molar-refractivity contribution in [3.05, 3.63) is 108 Å².